The number of nitrogens with two attached hydrogens (primary N) is 1. The van der Waals surface area contributed by atoms with Crippen LogP contribution in [-0.2, 0) is 4.74 Å². The minimum atomic E-state index is -0.258. The Morgan fingerprint density at radius 1 is 1.18 bits per heavy atom. The fourth-order valence-corrected chi connectivity index (χ4v) is 3.52. The van der Waals surface area contributed by atoms with Crippen molar-refractivity contribution in [2.45, 2.75) is 57.5 Å². The Morgan fingerprint density at radius 2 is 1.88 bits per heavy atom. The maximum atomic E-state index is 10.7. The second kappa shape index (κ2) is 6.17. The van der Waals surface area contributed by atoms with Crippen LogP contribution in [0.1, 0.15) is 51.4 Å². The highest BCUT2D eigenvalue weighted by atomic mass is 16.5. The van der Waals surface area contributed by atoms with Crippen molar-refractivity contribution < 1.29 is 9.84 Å². The van der Waals surface area contributed by atoms with Crippen LogP contribution in [0.25, 0.3) is 0 Å². The minimum Gasteiger partial charge on any atom is -0.392 e. The lowest BCUT2D eigenvalue weighted by Gasteiger charge is -2.43. The number of aliphatic hydroxyl groups excluding tert-OH is 1. The van der Waals surface area contributed by atoms with Gasteiger partial charge in [-0.2, -0.15) is 0 Å². The van der Waals surface area contributed by atoms with Gasteiger partial charge in [0.1, 0.15) is 0 Å². The van der Waals surface area contributed by atoms with E-state index in [0.717, 1.165) is 19.4 Å². The molecule has 2 unspecified atom stereocenters. The highest BCUT2D eigenvalue weighted by Gasteiger charge is 2.42. The molecule has 2 fully saturated rings. The molecule has 3 heteroatoms. The predicted octanol–water partition coefficient (Wildman–Crippen LogP) is 2.07. The van der Waals surface area contributed by atoms with E-state index < -0.39 is 0 Å². The molecule has 0 bridgehead atoms. The van der Waals surface area contributed by atoms with E-state index >= 15 is 0 Å². The third-order valence-electron chi connectivity index (χ3n) is 4.73. The third kappa shape index (κ3) is 3.01. The highest BCUT2D eigenvalue weighted by Crippen LogP contribution is 2.39. The smallest absolute Gasteiger partial charge is 0.0658 e. The van der Waals surface area contributed by atoms with Crippen molar-refractivity contribution in [2.24, 2.45) is 17.1 Å². The maximum absolute atomic E-state index is 10.7. The molecule has 3 N–H and O–H groups in total. The van der Waals surface area contributed by atoms with Crippen molar-refractivity contribution in [3.63, 3.8) is 0 Å². The highest BCUT2D eigenvalue weighted by molar-refractivity contribution is 4.93. The quantitative estimate of drug-likeness (QED) is 0.744. The molecule has 0 aromatic rings. The van der Waals surface area contributed by atoms with Gasteiger partial charge in [-0.05, 0) is 31.6 Å². The molecule has 1 heterocycles. The summed E-state index contributed by atoms with van der Waals surface area (Å²) in [5, 5.41) is 10.7. The van der Waals surface area contributed by atoms with E-state index in [1.54, 1.807) is 0 Å². The first kappa shape index (κ1) is 13.3. The zero-order valence-electron chi connectivity index (χ0n) is 10.9. The summed E-state index contributed by atoms with van der Waals surface area (Å²) in [6, 6.07) is 0. The van der Waals surface area contributed by atoms with E-state index in [4.69, 9.17) is 10.5 Å². The number of hydrogen-bond donors (Lipinski definition) is 2. The number of ether oxygens (including phenoxy) is 1. The predicted molar refractivity (Wildman–Crippen MR) is 68.7 cm³/mol. The summed E-state index contributed by atoms with van der Waals surface area (Å²) >= 11 is 0. The van der Waals surface area contributed by atoms with E-state index in [9.17, 15) is 5.11 Å². The molecule has 2 rings (SSSR count). The molecule has 0 spiro atoms. The topological polar surface area (TPSA) is 55.5 Å². The van der Waals surface area contributed by atoms with Crippen LogP contribution < -0.4 is 5.73 Å². The summed E-state index contributed by atoms with van der Waals surface area (Å²) in [6.07, 6.45) is 9.34. The molecule has 0 amide bonds. The van der Waals surface area contributed by atoms with Gasteiger partial charge in [0.15, 0.2) is 0 Å². The van der Waals surface area contributed by atoms with E-state index in [-0.39, 0.29) is 11.5 Å². The Bertz CT molecular complexity index is 218. The zero-order valence-corrected chi connectivity index (χ0v) is 10.9. The molecule has 1 aliphatic carbocycles. The van der Waals surface area contributed by atoms with Crippen LogP contribution in [0.4, 0.5) is 0 Å². The SMILES string of the molecule is NCC1(C(O)C2CCCCCC2)CCCOC1. The van der Waals surface area contributed by atoms with E-state index in [1.165, 1.54) is 38.5 Å². The average Bonchev–Trinajstić information content (AvgIpc) is 2.67. The number of hydrogen-bond acceptors (Lipinski definition) is 3. The van der Waals surface area contributed by atoms with Crippen LogP contribution in [0, 0.1) is 11.3 Å². The van der Waals surface area contributed by atoms with Crippen molar-refractivity contribution in [1.29, 1.82) is 0 Å². The lowest BCUT2D eigenvalue weighted by molar-refractivity contribution is -0.0998. The molecule has 1 saturated carbocycles. The Kier molecular flexibility index (Phi) is 4.83. The largest absolute Gasteiger partial charge is 0.392 e. The van der Waals surface area contributed by atoms with Gasteiger partial charge >= 0.3 is 0 Å². The van der Waals surface area contributed by atoms with Crippen LogP contribution in [0.3, 0.4) is 0 Å². The van der Waals surface area contributed by atoms with Crippen molar-refractivity contribution in [1.82, 2.24) is 0 Å². The molecule has 17 heavy (non-hydrogen) atoms. The van der Waals surface area contributed by atoms with Crippen molar-refractivity contribution >= 4 is 0 Å². The first-order valence-corrected chi connectivity index (χ1v) is 7.24. The molecule has 0 radical (unpaired) electrons. The van der Waals surface area contributed by atoms with Gasteiger partial charge in [0.05, 0.1) is 12.7 Å². The first-order chi connectivity index (χ1) is 8.28. The Hall–Kier alpha value is -0.120. The summed E-state index contributed by atoms with van der Waals surface area (Å²) in [6.45, 7) is 2.05. The van der Waals surface area contributed by atoms with Gasteiger partial charge in [-0.1, -0.05) is 25.7 Å². The molecule has 1 aliphatic heterocycles. The lowest BCUT2D eigenvalue weighted by Crippen LogP contribution is -2.50. The normalized spacial score (nSPS) is 34.2. The van der Waals surface area contributed by atoms with Crippen LogP contribution in [0.5, 0.6) is 0 Å². The van der Waals surface area contributed by atoms with Gasteiger partial charge in [-0.3, -0.25) is 0 Å². The van der Waals surface area contributed by atoms with E-state index in [2.05, 4.69) is 0 Å². The van der Waals surface area contributed by atoms with Crippen LogP contribution in [-0.4, -0.2) is 31.0 Å². The van der Waals surface area contributed by atoms with Gasteiger partial charge in [0.25, 0.3) is 0 Å². The van der Waals surface area contributed by atoms with Crippen LogP contribution in [0.15, 0.2) is 0 Å². The summed E-state index contributed by atoms with van der Waals surface area (Å²) in [4.78, 5) is 0. The lowest BCUT2D eigenvalue weighted by atomic mass is 9.71. The van der Waals surface area contributed by atoms with Crippen LogP contribution in [0.2, 0.25) is 0 Å². The molecule has 2 atom stereocenters. The molecular weight excluding hydrogens is 214 g/mol. The number of rotatable bonds is 3. The maximum Gasteiger partial charge on any atom is 0.0658 e. The third-order valence-corrected chi connectivity index (χ3v) is 4.73. The van der Waals surface area contributed by atoms with E-state index in [1.807, 2.05) is 0 Å². The first-order valence-electron chi connectivity index (χ1n) is 7.24. The van der Waals surface area contributed by atoms with Crippen molar-refractivity contribution in [2.75, 3.05) is 19.8 Å². The second-order valence-electron chi connectivity index (χ2n) is 5.92. The van der Waals surface area contributed by atoms with E-state index in [0.29, 0.717) is 19.1 Å². The molecule has 0 aromatic heterocycles. The second-order valence-corrected chi connectivity index (χ2v) is 5.92. The Labute approximate surface area is 105 Å². The molecule has 0 aromatic carbocycles. The monoisotopic (exact) mass is 241 g/mol. The summed E-state index contributed by atoms with van der Waals surface area (Å²) < 4.78 is 5.58. The average molecular weight is 241 g/mol. The number of aliphatic hydroxyl groups is 1. The molecule has 3 nitrogen and oxygen atoms in total. The fourth-order valence-electron chi connectivity index (χ4n) is 3.52. The van der Waals surface area contributed by atoms with Gasteiger partial charge in [-0.15, -0.1) is 0 Å². The molecule has 2 aliphatic rings. The molecule has 1 saturated heterocycles. The van der Waals surface area contributed by atoms with Crippen molar-refractivity contribution in [3.8, 4) is 0 Å². The van der Waals surface area contributed by atoms with Gasteiger partial charge in [-0.25, -0.2) is 0 Å². The summed E-state index contributed by atoms with van der Waals surface area (Å²) in [7, 11) is 0. The molecular formula is C14H27NO2. The fraction of sp³-hybridized carbons (Fsp3) is 1.00. The summed E-state index contributed by atoms with van der Waals surface area (Å²) in [5.41, 5.74) is 5.79. The van der Waals surface area contributed by atoms with Gasteiger partial charge in [0, 0.05) is 18.6 Å². The summed E-state index contributed by atoms with van der Waals surface area (Å²) in [5.74, 6) is 0.447. The van der Waals surface area contributed by atoms with Gasteiger partial charge in [0.2, 0.25) is 0 Å². The zero-order chi connectivity index (χ0) is 12.1. The van der Waals surface area contributed by atoms with Crippen molar-refractivity contribution in [3.05, 3.63) is 0 Å². The van der Waals surface area contributed by atoms with Gasteiger partial charge < -0.3 is 15.6 Å². The van der Waals surface area contributed by atoms with Crippen LogP contribution >= 0.6 is 0 Å². The Balaban J connectivity index is 2.01. The minimum absolute atomic E-state index is 0.159. The molecule has 100 valence electrons. The Morgan fingerprint density at radius 3 is 2.41 bits per heavy atom. The standard InChI is InChI=1S/C14H27NO2/c15-10-14(8-5-9-17-11-14)13(16)12-6-3-1-2-4-7-12/h12-13,16H,1-11,15H2.